The van der Waals surface area contributed by atoms with Gasteiger partial charge in [-0.15, -0.1) is 12.4 Å². The molecular weight excluding hydrogens is 164 g/mol. The Hall–Kier alpha value is -0.440. The number of nitrogens with zero attached hydrogens (tertiary/aromatic N) is 3. The zero-order valence-corrected chi connectivity index (χ0v) is 6.87. The minimum absolute atomic E-state index is 0. The monoisotopic (exact) mass is 174 g/mol. The maximum atomic E-state index is 8.18. The largest absolute Gasteiger partial charge is 0.327 e. The van der Waals surface area contributed by atoms with Gasteiger partial charge in [-0.25, -0.2) is 0 Å². The fourth-order valence-electron chi connectivity index (χ4n) is 2.00. The Morgan fingerprint density at radius 1 is 1.45 bits per heavy atom. The average Bonchev–Trinajstić information content (AvgIpc) is 2.57. The third-order valence-electron chi connectivity index (χ3n) is 2.61. The Morgan fingerprint density at radius 2 is 2.18 bits per heavy atom. The molecule has 4 unspecified atom stereocenters. The van der Waals surface area contributed by atoms with E-state index in [-0.39, 0.29) is 24.5 Å². The zero-order valence-electron chi connectivity index (χ0n) is 6.05. The molecule has 0 radical (unpaired) electrons. The van der Waals surface area contributed by atoms with Crippen molar-refractivity contribution >= 4 is 12.4 Å². The van der Waals surface area contributed by atoms with Crippen LogP contribution in [0.25, 0.3) is 10.4 Å². The quantitative estimate of drug-likeness (QED) is 0.365. The van der Waals surface area contributed by atoms with E-state index < -0.39 is 0 Å². The summed E-state index contributed by atoms with van der Waals surface area (Å²) in [6.07, 6.45) is 2.30. The van der Waals surface area contributed by atoms with Gasteiger partial charge in [0.05, 0.1) is 6.04 Å². The Labute approximate surface area is 71.2 Å². The molecule has 2 aliphatic rings. The normalized spacial score (nSPS) is 45.2. The van der Waals surface area contributed by atoms with Gasteiger partial charge in [0.25, 0.3) is 0 Å². The molecule has 0 spiro atoms. The van der Waals surface area contributed by atoms with Crippen LogP contribution in [-0.2, 0) is 0 Å². The van der Waals surface area contributed by atoms with Crippen LogP contribution < -0.4 is 5.73 Å². The Bertz CT molecular complexity index is 199. The van der Waals surface area contributed by atoms with Gasteiger partial charge in [0.15, 0.2) is 0 Å². The Morgan fingerprint density at radius 3 is 2.64 bits per heavy atom. The molecule has 5 heteroatoms. The van der Waals surface area contributed by atoms with Gasteiger partial charge in [0.1, 0.15) is 0 Å². The predicted molar refractivity (Wildman–Crippen MR) is 44.4 cm³/mol. The number of halogens is 1. The SMILES string of the molecule is Cl.[N-]=[N+]=NC1C(N)CC2CC21. The highest BCUT2D eigenvalue weighted by molar-refractivity contribution is 5.85. The molecular formula is C6H11ClN4. The number of azide groups is 1. The lowest BCUT2D eigenvalue weighted by Gasteiger charge is -2.10. The van der Waals surface area contributed by atoms with Crippen LogP contribution in [0.5, 0.6) is 0 Å². The second kappa shape index (κ2) is 2.89. The standard InChI is InChI=1S/C6H10N4.ClH/c7-5-2-3-1-4(3)6(5)9-10-8;/h3-6H,1-2,7H2;1H. The van der Waals surface area contributed by atoms with Crippen LogP contribution in [0, 0.1) is 11.8 Å². The van der Waals surface area contributed by atoms with Gasteiger partial charge in [-0.05, 0) is 30.2 Å². The summed E-state index contributed by atoms with van der Waals surface area (Å²) < 4.78 is 0. The van der Waals surface area contributed by atoms with E-state index in [1.165, 1.54) is 6.42 Å². The topological polar surface area (TPSA) is 74.8 Å². The second-order valence-corrected chi connectivity index (χ2v) is 3.25. The van der Waals surface area contributed by atoms with E-state index in [4.69, 9.17) is 11.3 Å². The van der Waals surface area contributed by atoms with Crippen molar-refractivity contribution in [1.82, 2.24) is 0 Å². The molecule has 4 nitrogen and oxygen atoms in total. The summed E-state index contributed by atoms with van der Waals surface area (Å²) in [5.41, 5.74) is 13.9. The molecule has 0 aromatic carbocycles. The van der Waals surface area contributed by atoms with Crippen LogP contribution in [0.4, 0.5) is 0 Å². The molecule has 0 aromatic heterocycles. The van der Waals surface area contributed by atoms with Crippen molar-refractivity contribution in [2.24, 2.45) is 22.7 Å². The summed E-state index contributed by atoms with van der Waals surface area (Å²) >= 11 is 0. The van der Waals surface area contributed by atoms with Crippen LogP contribution in [0.2, 0.25) is 0 Å². The molecule has 2 fully saturated rings. The molecule has 2 N–H and O–H groups in total. The first-order chi connectivity index (χ1) is 4.83. The summed E-state index contributed by atoms with van der Waals surface area (Å²) in [4.78, 5) is 2.79. The molecule has 62 valence electrons. The van der Waals surface area contributed by atoms with Crippen molar-refractivity contribution in [3.05, 3.63) is 10.4 Å². The lowest BCUT2D eigenvalue weighted by molar-refractivity contribution is 0.527. The Kier molecular flexibility index (Phi) is 2.28. The van der Waals surface area contributed by atoms with Gasteiger partial charge < -0.3 is 5.73 Å². The number of hydrogen-bond acceptors (Lipinski definition) is 2. The number of nitrogens with two attached hydrogens (primary N) is 1. The van der Waals surface area contributed by atoms with E-state index in [0.717, 1.165) is 12.3 Å². The van der Waals surface area contributed by atoms with E-state index in [9.17, 15) is 0 Å². The molecule has 2 rings (SSSR count). The highest BCUT2D eigenvalue weighted by atomic mass is 35.5. The smallest absolute Gasteiger partial charge is 0.0556 e. The minimum atomic E-state index is 0. The van der Waals surface area contributed by atoms with Crippen molar-refractivity contribution in [3.63, 3.8) is 0 Å². The van der Waals surface area contributed by atoms with Gasteiger partial charge in [-0.1, -0.05) is 5.11 Å². The summed E-state index contributed by atoms with van der Waals surface area (Å²) in [5.74, 6) is 1.41. The third-order valence-corrected chi connectivity index (χ3v) is 2.61. The molecule has 4 atom stereocenters. The van der Waals surface area contributed by atoms with Gasteiger partial charge in [-0.2, -0.15) is 0 Å². The van der Waals surface area contributed by atoms with Crippen LogP contribution in [0.15, 0.2) is 5.11 Å². The van der Waals surface area contributed by atoms with Gasteiger partial charge >= 0.3 is 0 Å². The van der Waals surface area contributed by atoms with Crippen LogP contribution in [0.1, 0.15) is 12.8 Å². The fourth-order valence-corrected chi connectivity index (χ4v) is 2.00. The molecule has 0 aliphatic heterocycles. The van der Waals surface area contributed by atoms with Gasteiger partial charge in [0, 0.05) is 11.0 Å². The maximum absolute atomic E-state index is 8.18. The van der Waals surface area contributed by atoms with E-state index >= 15 is 0 Å². The van der Waals surface area contributed by atoms with Crippen molar-refractivity contribution in [2.75, 3.05) is 0 Å². The fraction of sp³-hybridized carbons (Fsp3) is 1.00. The van der Waals surface area contributed by atoms with Crippen molar-refractivity contribution in [1.29, 1.82) is 0 Å². The molecule has 2 saturated carbocycles. The van der Waals surface area contributed by atoms with Crippen molar-refractivity contribution < 1.29 is 0 Å². The molecule has 2 aliphatic carbocycles. The maximum Gasteiger partial charge on any atom is 0.0556 e. The number of rotatable bonds is 1. The van der Waals surface area contributed by atoms with Crippen LogP contribution in [-0.4, -0.2) is 12.1 Å². The van der Waals surface area contributed by atoms with Gasteiger partial charge in [-0.3, -0.25) is 0 Å². The Balaban J connectivity index is 0.000000605. The van der Waals surface area contributed by atoms with Gasteiger partial charge in [0.2, 0.25) is 0 Å². The first kappa shape index (κ1) is 8.65. The predicted octanol–water partition coefficient (Wildman–Crippen LogP) is 1.45. The third kappa shape index (κ3) is 1.29. The van der Waals surface area contributed by atoms with Crippen LogP contribution >= 0.6 is 12.4 Å². The van der Waals surface area contributed by atoms with E-state index in [2.05, 4.69) is 10.0 Å². The van der Waals surface area contributed by atoms with E-state index in [1.807, 2.05) is 0 Å². The lowest BCUT2D eigenvalue weighted by atomic mass is 10.1. The molecule has 0 bridgehead atoms. The lowest BCUT2D eigenvalue weighted by Crippen LogP contribution is -2.30. The summed E-state index contributed by atoms with van der Waals surface area (Å²) in [5, 5.41) is 3.68. The zero-order chi connectivity index (χ0) is 7.14. The molecule has 0 heterocycles. The number of hydrogen-bond donors (Lipinski definition) is 1. The summed E-state index contributed by atoms with van der Waals surface area (Å²) in [6.45, 7) is 0. The first-order valence-corrected chi connectivity index (χ1v) is 3.62. The van der Waals surface area contributed by atoms with Crippen LogP contribution in [0.3, 0.4) is 0 Å². The molecule has 11 heavy (non-hydrogen) atoms. The van der Waals surface area contributed by atoms with Crippen molar-refractivity contribution in [3.8, 4) is 0 Å². The first-order valence-electron chi connectivity index (χ1n) is 3.62. The highest BCUT2D eigenvalue weighted by Gasteiger charge is 2.51. The van der Waals surface area contributed by atoms with E-state index in [0.29, 0.717) is 5.92 Å². The average molecular weight is 175 g/mol. The van der Waals surface area contributed by atoms with Crippen molar-refractivity contribution in [2.45, 2.75) is 24.9 Å². The molecule has 0 saturated heterocycles. The minimum Gasteiger partial charge on any atom is -0.327 e. The number of fused-ring (bicyclic) bond motifs is 1. The summed E-state index contributed by atoms with van der Waals surface area (Å²) in [6, 6.07) is 0.245. The molecule has 0 aromatic rings. The second-order valence-electron chi connectivity index (χ2n) is 3.25. The highest BCUT2D eigenvalue weighted by Crippen LogP contribution is 2.52. The van der Waals surface area contributed by atoms with E-state index in [1.54, 1.807) is 0 Å². The summed E-state index contributed by atoms with van der Waals surface area (Å²) in [7, 11) is 0. The molecule has 0 amide bonds.